The number of hydrogen-bond donors (Lipinski definition) is 3. The van der Waals surface area contributed by atoms with Gasteiger partial charge in [0.25, 0.3) is 20.2 Å². The number of rotatable bonds is 4. The Hall–Kier alpha value is -2.34. The summed E-state index contributed by atoms with van der Waals surface area (Å²) in [6.45, 7) is 0. The van der Waals surface area contributed by atoms with Crippen molar-refractivity contribution in [2.45, 2.75) is 9.79 Å². The molecule has 0 amide bonds. The molecule has 0 atom stereocenters. The lowest BCUT2D eigenvalue weighted by Crippen LogP contribution is -1.98. The van der Waals surface area contributed by atoms with Crippen LogP contribution in [0.5, 0.6) is 0 Å². The van der Waals surface area contributed by atoms with Crippen molar-refractivity contribution in [2.75, 3.05) is 5.73 Å². The van der Waals surface area contributed by atoms with E-state index in [0.717, 1.165) is 24.3 Å². The summed E-state index contributed by atoms with van der Waals surface area (Å²) in [5, 5.41) is 7.53. The molecule has 0 aliphatic rings. The molecule has 2 rings (SSSR count). The fraction of sp³-hybridized carbons (Fsp3) is 0. The number of nitrogen functional groups attached to an aromatic ring is 1. The molecule has 0 saturated carbocycles. The van der Waals surface area contributed by atoms with E-state index in [2.05, 4.69) is 10.2 Å². The van der Waals surface area contributed by atoms with Crippen LogP contribution in [0.3, 0.4) is 0 Å². The number of nitrogens with zero attached hydrogens (tertiary/aromatic N) is 2. The van der Waals surface area contributed by atoms with E-state index >= 15 is 0 Å². The van der Waals surface area contributed by atoms with Gasteiger partial charge in [0, 0.05) is 0 Å². The Bertz CT molecular complexity index is 966. The van der Waals surface area contributed by atoms with Crippen LogP contribution in [0, 0.1) is 0 Å². The van der Waals surface area contributed by atoms with Crippen LogP contribution in [0.2, 0.25) is 0 Å². The van der Waals surface area contributed by atoms with E-state index in [0.29, 0.717) is 0 Å². The summed E-state index contributed by atoms with van der Waals surface area (Å²) in [6.07, 6.45) is 0. The zero-order valence-corrected chi connectivity index (χ0v) is 13.0. The second-order valence-electron chi connectivity index (χ2n) is 4.36. The van der Waals surface area contributed by atoms with E-state index < -0.39 is 20.2 Å². The predicted octanol–water partition coefficient (Wildman–Crippen LogP) is 2.18. The van der Waals surface area contributed by atoms with Gasteiger partial charge < -0.3 is 5.73 Å². The van der Waals surface area contributed by atoms with Crippen LogP contribution in [-0.4, -0.2) is 25.9 Å². The van der Waals surface area contributed by atoms with Crippen molar-refractivity contribution < 1.29 is 25.9 Å². The molecule has 122 valence electrons. The molecular weight excluding hydrogens is 346 g/mol. The second kappa shape index (κ2) is 6.04. The van der Waals surface area contributed by atoms with E-state index in [9.17, 15) is 16.8 Å². The van der Waals surface area contributed by atoms with Gasteiger partial charge in [-0.2, -0.15) is 21.9 Å². The van der Waals surface area contributed by atoms with Crippen molar-refractivity contribution in [3.8, 4) is 0 Å². The minimum atomic E-state index is -4.40. The highest BCUT2D eigenvalue weighted by Crippen LogP contribution is 2.27. The number of hydrogen-bond acceptors (Lipinski definition) is 7. The summed E-state index contributed by atoms with van der Waals surface area (Å²) in [6, 6.07) is 8.23. The summed E-state index contributed by atoms with van der Waals surface area (Å²) in [5.74, 6) is 0. The molecule has 0 unspecified atom stereocenters. The van der Waals surface area contributed by atoms with Gasteiger partial charge in [-0.15, -0.1) is 5.11 Å². The lowest BCUT2D eigenvalue weighted by atomic mass is 10.3. The summed E-state index contributed by atoms with van der Waals surface area (Å²) in [5.41, 5.74) is 6.03. The van der Waals surface area contributed by atoms with Crippen molar-refractivity contribution in [2.24, 2.45) is 10.2 Å². The van der Waals surface area contributed by atoms with E-state index in [1.165, 1.54) is 18.2 Å². The molecule has 0 aromatic heterocycles. The normalized spacial score (nSPS) is 12.6. The molecule has 11 heteroatoms. The quantitative estimate of drug-likeness (QED) is 0.429. The summed E-state index contributed by atoms with van der Waals surface area (Å²) in [4.78, 5) is -0.688. The molecule has 0 saturated heterocycles. The monoisotopic (exact) mass is 357 g/mol. The molecule has 0 heterocycles. The topological polar surface area (TPSA) is 159 Å². The Morgan fingerprint density at radius 2 is 1.30 bits per heavy atom. The maximum Gasteiger partial charge on any atom is 0.294 e. The van der Waals surface area contributed by atoms with Crippen molar-refractivity contribution in [1.29, 1.82) is 0 Å². The van der Waals surface area contributed by atoms with Gasteiger partial charge in [-0.3, -0.25) is 9.11 Å². The maximum absolute atomic E-state index is 11.1. The molecule has 9 nitrogen and oxygen atoms in total. The zero-order chi connectivity index (χ0) is 17.3. The second-order valence-corrected chi connectivity index (χ2v) is 7.21. The highest BCUT2D eigenvalue weighted by Gasteiger charge is 2.12. The molecule has 4 N–H and O–H groups in total. The smallest absolute Gasteiger partial charge is 0.294 e. The highest BCUT2D eigenvalue weighted by atomic mass is 32.2. The Morgan fingerprint density at radius 1 is 0.783 bits per heavy atom. The molecule has 0 aliphatic heterocycles. The molecule has 2 aromatic rings. The van der Waals surface area contributed by atoms with E-state index in [4.69, 9.17) is 14.8 Å². The number of nitrogens with two attached hydrogens (primary N) is 1. The highest BCUT2D eigenvalue weighted by molar-refractivity contribution is 7.86. The molecule has 0 spiro atoms. The minimum Gasteiger partial charge on any atom is -0.397 e. The molecule has 2 aromatic carbocycles. The average molecular weight is 357 g/mol. The van der Waals surface area contributed by atoms with Gasteiger partial charge in [-0.25, -0.2) is 0 Å². The van der Waals surface area contributed by atoms with Crippen molar-refractivity contribution >= 4 is 37.3 Å². The minimum absolute atomic E-state index is 0.0129. The van der Waals surface area contributed by atoms with Crippen molar-refractivity contribution in [3.05, 3.63) is 42.5 Å². The number of anilines is 1. The number of azo groups is 1. The Kier molecular flexibility index (Phi) is 4.47. The first-order valence-electron chi connectivity index (χ1n) is 5.94. The molecule has 0 bridgehead atoms. The molecule has 0 radical (unpaired) electrons. The first kappa shape index (κ1) is 17.0. The van der Waals surface area contributed by atoms with Gasteiger partial charge in [0.15, 0.2) is 0 Å². The van der Waals surface area contributed by atoms with Gasteiger partial charge in [-0.1, -0.05) is 0 Å². The molecule has 0 fully saturated rings. The lowest BCUT2D eigenvalue weighted by Gasteiger charge is -2.02. The molecular formula is C12H11N3O6S2. The summed E-state index contributed by atoms with van der Waals surface area (Å²) < 4.78 is 61.8. The third-order valence-corrected chi connectivity index (χ3v) is 4.43. The molecule has 0 aliphatic carbocycles. The third-order valence-electron chi connectivity index (χ3n) is 2.71. The largest absolute Gasteiger partial charge is 0.397 e. The fourth-order valence-electron chi connectivity index (χ4n) is 1.57. The van der Waals surface area contributed by atoms with Gasteiger partial charge in [-0.05, 0) is 42.5 Å². The van der Waals surface area contributed by atoms with Crippen molar-refractivity contribution in [3.63, 3.8) is 0 Å². The van der Waals surface area contributed by atoms with Gasteiger partial charge in [0.05, 0.1) is 21.2 Å². The van der Waals surface area contributed by atoms with Gasteiger partial charge in [0.2, 0.25) is 0 Å². The average Bonchev–Trinajstić information content (AvgIpc) is 2.44. The van der Waals surface area contributed by atoms with E-state index in [1.807, 2.05) is 0 Å². The van der Waals surface area contributed by atoms with Crippen molar-refractivity contribution in [1.82, 2.24) is 0 Å². The third kappa shape index (κ3) is 4.32. The van der Waals surface area contributed by atoms with Gasteiger partial charge >= 0.3 is 0 Å². The fourth-order valence-corrected chi connectivity index (χ4v) is 2.55. The Morgan fingerprint density at radius 3 is 1.83 bits per heavy atom. The SMILES string of the molecule is Nc1ccc(S(=O)(=O)O)cc1N=Nc1ccc(S(=O)(=O)O)cc1. The zero-order valence-electron chi connectivity index (χ0n) is 11.4. The van der Waals surface area contributed by atoms with Crippen LogP contribution in [0.4, 0.5) is 17.1 Å². The summed E-state index contributed by atoms with van der Waals surface area (Å²) in [7, 11) is -8.70. The first-order chi connectivity index (χ1) is 10.6. The first-order valence-corrected chi connectivity index (χ1v) is 8.82. The maximum atomic E-state index is 11.1. The van der Waals surface area contributed by atoms with Crippen LogP contribution >= 0.6 is 0 Å². The van der Waals surface area contributed by atoms with Crippen LogP contribution in [-0.2, 0) is 20.2 Å². The standard InChI is InChI=1S/C12H11N3O6S2/c13-11-6-5-10(23(19,20)21)7-12(11)15-14-8-1-3-9(4-2-8)22(16,17)18/h1-7H,13H2,(H,16,17,18)(H,19,20,21). The van der Waals surface area contributed by atoms with Gasteiger partial charge in [0.1, 0.15) is 5.69 Å². The summed E-state index contributed by atoms with van der Waals surface area (Å²) >= 11 is 0. The van der Waals surface area contributed by atoms with Crippen LogP contribution in [0.1, 0.15) is 0 Å². The number of benzene rings is 2. The van der Waals surface area contributed by atoms with Crippen LogP contribution in [0.25, 0.3) is 0 Å². The lowest BCUT2D eigenvalue weighted by molar-refractivity contribution is 0.481. The Labute approximate surface area is 132 Å². The van der Waals surface area contributed by atoms with Crippen LogP contribution in [0.15, 0.2) is 62.5 Å². The Balaban J connectivity index is 2.33. The predicted molar refractivity (Wildman–Crippen MR) is 81.1 cm³/mol. The van der Waals surface area contributed by atoms with E-state index in [1.54, 1.807) is 0 Å². The van der Waals surface area contributed by atoms with Crippen LogP contribution < -0.4 is 5.73 Å². The molecule has 23 heavy (non-hydrogen) atoms. The van der Waals surface area contributed by atoms with E-state index in [-0.39, 0.29) is 26.9 Å².